The molecule has 0 aliphatic rings. The Bertz CT molecular complexity index is 573. The first-order valence-electron chi connectivity index (χ1n) is 6.63. The summed E-state index contributed by atoms with van der Waals surface area (Å²) in [6, 6.07) is 18.6. The molecule has 0 heterocycles. The molecule has 0 saturated heterocycles. The van der Waals surface area contributed by atoms with Gasteiger partial charge in [-0.1, -0.05) is 56.0 Å². The topological polar surface area (TPSA) is 12.0 Å². The summed E-state index contributed by atoms with van der Waals surface area (Å²) in [5.74, 6) is 6.83. The summed E-state index contributed by atoms with van der Waals surface area (Å²) in [5, 5.41) is 3.34. The molecule has 0 saturated carbocycles. The molecule has 0 aliphatic heterocycles. The first-order valence-corrected chi connectivity index (χ1v) is 6.63. The lowest BCUT2D eigenvalue weighted by Gasteiger charge is -2.08. The van der Waals surface area contributed by atoms with Crippen LogP contribution in [-0.2, 0) is 0 Å². The van der Waals surface area contributed by atoms with Gasteiger partial charge in [0.05, 0.1) is 6.54 Å². The molecular weight excluding hydrogens is 230 g/mol. The van der Waals surface area contributed by atoms with Crippen LogP contribution in [0.5, 0.6) is 0 Å². The van der Waals surface area contributed by atoms with E-state index in [4.69, 9.17) is 0 Å². The van der Waals surface area contributed by atoms with Crippen LogP contribution >= 0.6 is 0 Å². The minimum Gasteiger partial charge on any atom is -0.374 e. The van der Waals surface area contributed by atoms with Crippen LogP contribution in [0, 0.1) is 11.8 Å². The second kappa shape index (κ2) is 6.66. The highest BCUT2D eigenvalue weighted by Gasteiger charge is 1.98. The second-order valence-electron chi connectivity index (χ2n) is 4.80. The van der Waals surface area contributed by atoms with Crippen molar-refractivity contribution in [1.29, 1.82) is 0 Å². The fourth-order valence-corrected chi connectivity index (χ4v) is 1.82. The van der Waals surface area contributed by atoms with Gasteiger partial charge in [0.2, 0.25) is 0 Å². The van der Waals surface area contributed by atoms with Gasteiger partial charge in [-0.15, -0.1) is 0 Å². The van der Waals surface area contributed by atoms with E-state index in [1.54, 1.807) is 0 Å². The van der Waals surface area contributed by atoms with Crippen molar-refractivity contribution in [3.63, 3.8) is 0 Å². The maximum Gasteiger partial charge on any atom is 0.0769 e. The third kappa shape index (κ3) is 4.19. The van der Waals surface area contributed by atoms with Gasteiger partial charge in [-0.2, -0.15) is 0 Å². The van der Waals surface area contributed by atoms with Gasteiger partial charge in [0.1, 0.15) is 0 Å². The summed E-state index contributed by atoms with van der Waals surface area (Å²) in [4.78, 5) is 0. The molecule has 0 bridgehead atoms. The quantitative estimate of drug-likeness (QED) is 0.801. The lowest BCUT2D eigenvalue weighted by atomic mass is 10.0. The van der Waals surface area contributed by atoms with E-state index in [2.05, 4.69) is 55.3 Å². The van der Waals surface area contributed by atoms with Gasteiger partial charge in [-0.25, -0.2) is 0 Å². The van der Waals surface area contributed by atoms with Crippen molar-refractivity contribution in [1.82, 2.24) is 0 Å². The van der Waals surface area contributed by atoms with Crippen LogP contribution < -0.4 is 5.32 Å². The Morgan fingerprint density at radius 2 is 1.79 bits per heavy atom. The molecular formula is C18H19N. The Balaban J connectivity index is 1.93. The molecule has 0 fully saturated rings. The Hall–Kier alpha value is -2.20. The first-order chi connectivity index (χ1) is 9.25. The molecule has 0 unspecified atom stereocenters. The smallest absolute Gasteiger partial charge is 0.0769 e. The van der Waals surface area contributed by atoms with Crippen molar-refractivity contribution < 1.29 is 0 Å². The van der Waals surface area contributed by atoms with Gasteiger partial charge >= 0.3 is 0 Å². The fourth-order valence-electron chi connectivity index (χ4n) is 1.82. The van der Waals surface area contributed by atoms with E-state index in [1.807, 2.05) is 30.3 Å². The molecule has 0 atom stereocenters. The highest BCUT2D eigenvalue weighted by atomic mass is 14.8. The number of hydrogen-bond acceptors (Lipinski definition) is 1. The lowest BCUT2D eigenvalue weighted by Crippen LogP contribution is -1.99. The Kier molecular flexibility index (Phi) is 4.64. The minimum atomic E-state index is 0.553. The van der Waals surface area contributed by atoms with E-state index in [9.17, 15) is 0 Å². The van der Waals surface area contributed by atoms with Crippen LogP contribution in [0.4, 0.5) is 5.69 Å². The maximum atomic E-state index is 3.34. The predicted molar refractivity (Wildman–Crippen MR) is 82.3 cm³/mol. The zero-order chi connectivity index (χ0) is 13.5. The average Bonchev–Trinajstić information content (AvgIpc) is 2.45. The van der Waals surface area contributed by atoms with Gasteiger partial charge in [-0.05, 0) is 35.7 Å². The van der Waals surface area contributed by atoms with E-state index < -0.39 is 0 Å². The van der Waals surface area contributed by atoms with Crippen molar-refractivity contribution in [2.75, 3.05) is 11.9 Å². The number of hydrogen-bond donors (Lipinski definition) is 1. The zero-order valence-electron chi connectivity index (χ0n) is 11.5. The number of anilines is 1. The van der Waals surface area contributed by atoms with E-state index in [1.165, 1.54) is 5.56 Å². The van der Waals surface area contributed by atoms with Gasteiger partial charge in [-0.3, -0.25) is 0 Å². The second-order valence-corrected chi connectivity index (χ2v) is 4.80. The zero-order valence-corrected chi connectivity index (χ0v) is 11.5. The molecule has 1 N–H and O–H groups in total. The number of rotatable bonds is 3. The average molecular weight is 249 g/mol. The fraction of sp³-hybridized carbons (Fsp3) is 0.222. The minimum absolute atomic E-state index is 0.553. The van der Waals surface area contributed by atoms with Crippen LogP contribution in [0.25, 0.3) is 0 Å². The maximum absolute atomic E-state index is 3.34. The molecule has 1 heteroatoms. The molecule has 2 aromatic carbocycles. The Morgan fingerprint density at radius 3 is 2.53 bits per heavy atom. The van der Waals surface area contributed by atoms with Crippen molar-refractivity contribution in [3.05, 3.63) is 65.7 Å². The molecule has 2 rings (SSSR count). The van der Waals surface area contributed by atoms with Crippen molar-refractivity contribution in [3.8, 4) is 11.8 Å². The summed E-state index contributed by atoms with van der Waals surface area (Å²) in [7, 11) is 0. The van der Waals surface area contributed by atoms with Gasteiger partial charge in [0, 0.05) is 11.3 Å². The number of nitrogens with one attached hydrogen (secondary N) is 1. The standard InChI is InChI=1S/C18H19N/c1-15(2)17-11-6-12-18(14-17)19-13-7-10-16-8-4-3-5-9-16/h3-6,8-9,11-12,14-15,19H,13H2,1-2H3. The summed E-state index contributed by atoms with van der Waals surface area (Å²) in [5.41, 5.74) is 3.54. The van der Waals surface area contributed by atoms with Crippen LogP contribution in [-0.4, -0.2) is 6.54 Å². The molecule has 1 nitrogen and oxygen atoms in total. The van der Waals surface area contributed by atoms with E-state index >= 15 is 0 Å². The van der Waals surface area contributed by atoms with Crippen LogP contribution in [0.1, 0.15) is 30.9 Å². The van der Waals surface area contributed by atoms with E-state index in [0.29, 0.717) is 12.5 Å². The van der Waals surface area contributed by atoms with Crippen molar-refractivity contribution >= 4 is 5.69 Å². The van der Waals surface area contributed by atoms with Crippen molar-refractivity contribution in [2.24, 2.45) is 0 Å². The molecule has 0 aliphatic carbocycles. The van der Waals surface area contributed by atoms with Crippen LogP contribution in [0.15, 0.2) is 54.6 Å². The Labute approximate surface area is 115 Å². The molecule has 0 spiro atoms. The molecule has 0 radical (unpaired) electrons. The molecule has 0 aromatic heterocycles. The van der Waals surface area contributed by atoms with Gasteiger partial charge in [0.25, 0.3) is 0 Å². The summed E-state index contributed by atoms with van der Waals surface area (Å²) in [6.07, 6.45) is 0. The molecule has 96 valence electrons. The molecule has 2 aromatic rings. The Morgan fingerprint density at radius 1 is 1.00 bits per heavy atom. The lowest BCUT2D eigenvalue weighted by molar-refractivity contribution is 0.867. The number of benzene rings is 2. The van der Waals surface area contributed by atoms with E-state index in [0.717, 1.165) is 11.3 Å². The predicted octanol–water partition coefficient (Wildman–Crippen LogP) is 4.27. The molecule has 0 amide bonds. The highest BCUT2D eigenvalue weighted by Crippen LogP contribution is 2.18. The summed E-state index contributed by atoms with van der Waals surface area (Å²) in [6.45, 7) is 5.07. The van der Waals surface area contributed by atoms with E-state index in [-0.39, 0.29) is 0 Å². The van der Waals surface area contributed by atoms with Crippen LogP contribution in [0.3, 0.4) is 0 Å². The first kappa shape index (κ1) is 13.2. The monoisotopic (exact) mass is 249 g/mol. The third-order valence-electron chi connectivity index (χ3n) is 2.94. The third-order valence-corrected chi connectivity index (χ3v) is 2.94. The van der Waals surface area contributed by atoms with Gasteiger partial charge < -0.3 is 5.32 Å². The van der Waals surface area contributed by atoms with Gasteiger partial charge in [0.15, 0.2) is 0 Å². The SMILES string of the molecule is CC(C)c1cccc(NCC#Cc2ccccc2)c1. The largest absolute Gasteiger partial charge is 0.374 e. The van der Waals surface area contributed by atoms with Crippen LogP contribution in [0.2, 0.25) is 0 Å². The highest BCUT2D eigenvalue weighted by molar-refractivity contribution is 5.47. The normalized spacial score (nSPS) is 9.84. The van der Waals surface area contributed by atoms with Crippen molar-refractivity contribution in [2.45, 2.75) is 19.8 Å². The summed E-state index contributed by atoms with van der Waals surface area (Å²) < 4.78 is 0. The molecule has 19 heavy (non-hydrogen) atoms. The summed E-state index contributed by atoms with van der Waals surface area (Å²) >= 11 is 0.